The molecule has 4 aromatic rings. The SMILES string of the molecule is Cc1ccc(S(=O)(=O)NC(Cc2ccc(Cl)cc2)C(=O)N2CCNC(Cc3ccc4ccccc4c3)C2)cc1. The predicted molar refractivity (Wildman–Crippen MR) is 156 cm³/mol. The molecule has 0 spiro atoms. The zero-order valence-electron chi connectivity index (χ0n) is 21.8. The minimum absolute atomic E-state index is 0.0637. The van der Waals surface area contributed by atoms with Gasteiger partial charge in [-0.1, -0.05) is 83.9 Å². The highest BCUT2D eigenvalue weighted by atomic mass is 35.5. The second kappa shape index (κ2) is 11.9. The summed E-state index contributed by atoms with van der Waals surface area (Å²) in [6.07, 6.45) is 0.992. The third-order valence-corrected chi connectivity index (χ3v) is 8.88. The maximum Gasteiger partial charge on any atom is 0.241 e. The van der Waals surface area contributed by atoms with Crippen molar-refractivity contribution < 1.29 is 13.2 Å². The summed E-state index contributed by atoms with van der Waals surface area (Å²) in [7, 11) is -3.91. The second-order valence-corrected chi connectivity index (χ2v) is 12.3. The van der Waals surface area contributed by atoms with Crippen LogP contribution in [-0.2, 0) is 27.7 Å². The first-order valence-electron chi connectivity index (χ1n) is 13.1. The fourth-order valence-electron chi connectivity index (χ4n) is 5.04. The molecule has 6 nitrogen and oxygen atoms in total. The number of hydrogen-bond donors (Lipinski definition) is 2. The van der Waals surface area contributed by atoms with Gasteiger partial charge in [0.2, 0.25) is 15.9 Å². The number of carbonyl (C=O) groups excluding carboxylic acids is 1. The first-order chi connectivity index (χ1) is 18.8. The molecule has 2 N–H and O–H groups in total. The van der Waals surface area contributed by atoms with E-state index in [-0.39, 0.29) is 23.3 Å². The lowest BCUT2D eigenvalue weighted by Gasteiger charge is -2.36. The van der Waals surface area contributed by atoms with E-state index < -0.39 is 16.1 Å². The van der Waals surface area contributed by atoms with E-state index in [1.54, 1.807) is 41.3 Å². The van der Waals surface area contributed by atoms with E-state index in [0.717, 1.165) is 17.5 Å². The van der Waals surface area contributed by atoms with Crippen molar-refractivity contribution in [3.63, 3.8) is 0 Å². The Bertz CT molecular complexity index is 1560. The zero-order chi connectivity index (χ0) is 27.4. The third kappa shape index (κ3) is 6.86. The molecule has 39 heavy (non-hydrogen) atoms. The fourth-order valence-corrected chi connectivity index (χ4v) is 6.36. The minimum Gasteiger partial charge on any atom is -0.338 e. The molecule has 0 aliphatic carbocycles. The molecule has 0 saturated carbocycles. The summed E-state index contributed by atoms with van der Waals surface area (Å²) in [5.74, 6) is -0.231. The number of benzene rings is 4. The maximum absolute atomic E-state index is 13.9. The molecule has 1 aliphatic heterocycles. The van der Waals surface area contributed by atoms with Crippen LogP contribution >= 0.6 is 11.6 Å². The standard InChI is InChI=1S/C31H32ClN3O3S/c1-22-6-14-29(15-7-22)39(37,38)34-30(20-23-9-12-27(32)13-10-23)31(36)35-17-16-33-28(21-35)19-24-8-11-25-4-2-3-5-26(25)18-24/h2-15,18,28,30,33-34H,16-17,19-21H2,1H3. The molecule has 1 saturated heterocycles. The normalized spacial score (nSPS) is 16.8. The molecule has 1 aliphatic rings. The van der Waals surface area contributed by atoms with Crippen molar-refractivity contribution in [2.24, 2.45) is 0 Å². The molecule has 0 aromatic heterocycles. The first kappa shape index (κ1) is 27.3. The number of hydrogen-bond acceptors (Lipinski definition) is 4. The smallest absolute Gasteiger partial charge is 0.241 e. The van der Waals surface area contributed by atoms with Crippen molar-refractivity contribution in [2.45, 2.75) is 36.7 Å². The lowest BCUT2D eigenvalue weighted by atomic mass is 9.99. The molecule has 0 bridgehead atoms. The van der Waals surface area contributed by atoms with Crippen molar-refractivity contribution >= 4 is 38.3 Å². The highest BCUT2D eigenvalue weighted by molar-refractivity contribution is 7.89. The van der Waals surface area contributed by atoms with E-state index in [1.165, 1.54) is 16.3 Å². The van der Waals surface area contributed by atoms with E-state index in [2.05, 4.69) is 40.4 Å². The number of rotatable bonds is 8. The van der Waals surface area contributed by atoms with Gasteiger partial charge in [-0.2, -0.15) is 4.72 Å². The zero-order valence-corrected chi connectivity index (χ0v) is 23.4. The molecule has 2 unspecified atom stereocenters. The molecule has 2 atom stereocenters. The van der Waals surface area contributed by atoms with Crippen molar-refractivity contribution in [2.75, 3.05) is 19.6 Å². The van der Waals surface area contributed by atoms with Gasteiger partial charge in [0.15, 0.2) is 0 Å². The topological polar surface area (TPSA) is 78.5 Å². The number of aryl methyl sites for hydroxylation is 1. The Kier molecular flexibility index (Phi) is 8.33. The Labute approximate surface area is 235 Å². The molecular weight excluding hydrogens is 530 g/mol. The van der Waals surface area contributed by atoms with Crippen LogP contribution in [0.1, 0.15) is 16.7 Å². The number of carbonyl (C=O) groups is 1. The Balaban J connectivity index is 1.34. The van der Waals surface area contributed by atoms with Gasteiger partial charge in [-0.15, -0.1) is 0 Å². The number of fused-ring (bicyclic) bond motifs is 1. The van der Waals surface area contributed by atoms with Crippen molar-refractivity contribution in [1.29, 1.82) is 0 Å². The fraction of sp³-hybridized carbons (Fsp3) is 0.258. The monoisotopic (exact) mass is 561 g/mol. The molecule has 0 radical (unpaired) electrons. The van der Waals surface area contributed by atoms with Crippen LogP contribution in [0.25, 0.3) is 10.8 Å². The van der Waals surface area contributed by atoms with Crippen LogP contribution in [0.3, 0.4) is 0 Å². The summed E-state index contributed by atoms with van der Waals surface area (Å²) in [5.41, 5.74) is 2.98. The van der Waals surface area contributed by atoms with Crippen LogP contribution in [-0.4, -0.2) is 50.9 Å². The van der Waals surface area contributed by atoms with Gasteiger partial charge in [0.1, 0.15) is 6.04 Å². The number of halogens is 1. The lowest BCUT2D eigenvalue weighted by molar-refractivity contribution is -0.134. The summed E-state index contributed by atoms with van der Waals surface area (Å²) in [5, 5.41) is 6.49. The van der Waals surface area contributed by atoms with Crippen LogP contribution in [0.15, 0.2) is 95.9 Å². The van der Waals surface area contributed by atoms with Crippen LogP contribution in [0.5, 0.6) is 0 Å². The summed E-state index contributed by atoms with van der Waals surface area (Å²) in [6, 6.07) is 27.6. The molecular formula is C31H32ClN3O3S. The lowest BCUT2D eigenvalue weighted by Crippen LogP contribution is -2.58. The number of sulfonamides is 1. The first-order valence-corrected chi connectivity index (χ1v) is 15.0. The van der Waals surface area contributed by atoms with Gasteiger partial charge >= 0.3 is 0 Å². The molecule has 1 fully saturated rings. The quantitative estimate of drug-likeness (QED) is 0.326. The van der Waals surface area contributed by atoms with E-state index in [4.69, 9.17) is 11.6 Å². The second-order valence-electron chi connectivity index (χ2n) is 10.1. The summed E-state index contributed by atoms with van der Waals surface area (Å²) in [6.45, 7) is 3.54. The number of nitrogens with zero attached hydrogens (tertiary/aromatic N) is 1. The van der Waals surface area contributed by atoms with E-state index >= 15 is 0 Å². The van der Waals surface area contributed by atoms with Crippen LogP contribution in [0.2, 0.25) is 5.02 Å². The molecule has 4 aromatic carbocycles. The van der Waals surface area contributed by atoms with Gasteiger partial charge in [-0.3, -0.25) is 4.79 Å². The van der Waals surface area contributed by atoms with Gasteiger partial charge in [-0.25, -0.2) is 8.42 Å². The van der Waals surface area contributed by atoms with Gasteiger partial charge in [0.25, 0.3) is 0 Å². The average Bonchev–Trinajstić information content (AvgIpc) is 2.94. The molecule has 5 rings (SSSR count). The van der Waals surface area contributed by atoms with Gasteiger partial charge in [-0.05, 0) is 65.9 Å². The van der Waals surface area contributed by atoms with Crippen molar-refractivity contribution in [3.05, 3.63) is 113 Å². The molecule has 1 heterocycles. The van der Waals surface area contributed by atoms with Crippen molar-refractivity contribution in [1.82, 2.24) is 14.9 Å². The number of amides is 1. The summed E-state index contributed by atoms with van der Waals surface area (Å²) in [4.78, 5) is 15.8. The number of piperazine rings is 1. The van der Waals surface area contributed by atoms with Crippen LogP contribution in [0.4, 0.5) is 0 Å². The average molecular weight is 562 g/mol. The Morgan fingerprint density at radius 3 is 2.41 bits per heavy atom. The van der Waals surface area contributed by atoms with Crippen LogP contribution in [0, 0.1) is 6.92 Å². The van der Waals surface area contributed by atoms with E-state index in [0.29, 0.717) is 24.7 Å². The molecule has 8 heteroatoms. The Morgan fingerprint density at radius 2 is 1.67 bits per heavy atom. The third-order valence-electron chi connectivity index (χ3n) is 7.14. The van der Waals surface area contributed by atoms with E-state index in [9.17, 15) is 13.2 Å². The Morgan fingerprint density at radius 1 is 0.974 bits per heavy atom. The molecule has 1 amide bonds. The summed E-state index contributed by atoms with van der Waals surface area (Å²) >= 11 is 6.05. The minimum atomic E-state index is -3.91. The maximum atomic E-state index is 13.9. The number of nitrogens with one attached hydrogen (secondary N) is 2. The van der Waals surface area contributed by atoms with Gasteiger partial charge < -0.3 is 10.2 Å². The van der Waals surface area contributed by atoms with Gasteiger partial charge in [0, 0.05) is 30.7 Å². The van der Waals surface area contributed by atoms with E-state index in [1.807, 2.05) is 31.2 Å². The van der Waals surface area contributed by atoms with Crippen molar-refractivity contribution in [3.8, 4) is 0 Å². The Hall–Kier alpha value is -3.23. The summed E-state index contributed by atoms with van der Waals surface area (Å²) < 4.78 is 29.3. The highest BCUT2D eigenvalue weighted by Gasteiger charge is 2.32. The van der Waals surface area contributed by atoms with Gasteiger partial charge in [0.05, 0.1) is 4.90 Å². The molecule has 202 valence electrons. The predicted octanol–water partition coefficient (Wildman–Crippen LogP) is 4.73. The highest BCUT2D eigenvalue weighted by Crippen LogP contribution is 2.19. The van der Waals surface area contributed by atoms with Crippen LogP contribution < -0.4 is 10.0 Å². The largest absolute Gasteiger partial charge is 0.338 e.